The number of fused-ring (bicyclic) bond motifs is 1. The van der Waals surface area contributed by atoms with Crippen molar-refractivity contribution in [1.29, 1.82) is 0 Å². The first-order valence-corrected chi connectivity index (χ1v) is 9.56. The minimum atomic E-state index is 0.856. The van der Waals surface area contributed by atoms with Crippen LogP contribution in [0.3, 0.4) is 0 Å². The number of aryl methyl sites for hydroxylation is 1. The Balaban J connectivity index is 1.65. The SMILES string of the molecule is CCCc1cc(NCCc2ccccc2)n2ncc(-c3ccccc3)c2n1. The maximum absolute atomic E-state index is 4.89. The van der Waals surface area contributed by atoms with Gasteiger partial charge in [0.25, 0.3) is 0 Å². The van der Waals surface area contributed by atoms with E-state index in [1.54, 1.807) is 0 Å². The van der Waals surface area contributed by atoms with E-state index in [4.69, 9.17) is 4.98 Å². The molecule has 0 unspecified atom stereocenters. The highest BCUT2D eigenvalue weighted by Crippen LogP contribution is 2.26. The summed E-state index contributed by atoms with van der Waals surface area (Å²) in [7, 11) is 0. The Morgan fingerprint density at radius 3 is 2.41 bits per heavy atom. The number of rotatable bonds is 7. The summed E-state index contributed by atoms with van der Waals surface area (Å²) in [5.74, 6) is 1.00. The number of aromatic nitrogens is 3. The Kier molecular flexibility index (Phi) is 5.15. The van der Waals surface area contributed by atoms with Crippen molar-refractivity contribution in [3.8, 4) is 11.1 Å². The molecule has 136 valence electrons. The fourth-order valence-electron chi connectivity index (χ4n) is 3.32. The van der Waals surface area contributed by atoms with Gasteiger partial charge in [0.15, 0.2) is 5.65 Å². The van der Waals surface area contributed by atoms with Gasteiger partial charge in [-0.3, -0.25) is 0 Å². The van der Waals surface area contributed by atoms with E-state index in [1.807, 2.05) is 28.9 Å². The fraction of sp³-hybridized carbons (Fsp3) is 0.217. The molecule has 0 atom stereocenters. The van der Waals surface area contributed by atoms with E-state index in [2.05, 4.69) is 65.9 Å². The molecule has 2 aromatic heterocycles. The van der Waals surface area contributed by atoms with Crippen molar-refractivity contribution in [3.05, 3.63) is 84.2 Å². The van der Waals surface area contributed by atoms with Crippen LogP contribution in [0.4, 0.5) is 5.82 Å². The molecule has 4 rings (SSSR count). The minimum Gasteiger partial charge on any atom is -0.370 e. The molecule has 0 bridgehead atoms. The quantitative estimate of drug-likeness (QED) is 0.506. The van der Waals surface area contributed by atoms with Crippen LogP contribution in [0.1, 0.15) is 24.6 Å². The molecule has 0 aliphatic rings. The summed E-state index contributed by atoms with van der Waals surface area (Å²) in [5.41, 5.74) is 5.55. The second kappa shape index (κ2) is 8.04. The van der Waals surface area contributed by atoms with Crippen LogP contribution >= 0.6 is 0 Å². The molecular weight excluding hydrogens is 332 g/mol. The van der Waals surface area contributed by atoms with E-state index in [1.165, 1.54) is 5.56 Å². The zero-order chi connectivity index (χ0) is 18.5. The van der Waals surface area contributed by atoms with E-state index >= 15 is 0 Å². The van der Waals surface area contributed by atoms with Crippen molar-refractivity contribution in [2.75, 3.05) is 11.9 Å². The lowest BCUT2D eigenvalue weighted by Gasteiger charge is -2.11. The molecule has 2 aromatic carbocycles. The van der Waals surface area contributed by atoms with Gasteiger partial charge in [0, 0.05) is 23.9 Å². The highest BCUT2D eigenvalue weighted by atomic mass is 15.3. The molecule has 27 heavy (non-hydrogen) atoms. The monoisotopic (exact) mass is 356 g/mol. The third-order valence-corrected chi connectivity index (χ3v) is 4.68. The fourth-order valence-corrected chi connectivity index (χ4v) is 3.32. The molecule has 0 saturated heterocycles. The summed E-state index contributed by atoms with van der Waals surface area (Å²) in [6, 6.07) is 23.0. The normalized spacial score (nSPS) is 11.0. The largest absolute Gasteiger partial charge is 0.370 e. The zero-order valence-corrected chi connectivity index (χ0v) is 15.6. The summed E-state index contributed by atoms with van der Waals surface area (Å²) in [6.45, 7) is 3.04. The number of benzene rings is 2. The summed E-state index contributed by atoms with van der Waals surface area (Å²) < 4.78 is 1.92. The third kappa shape index (κ3) is 3.85. The first-order valence-electron chi connectivity index (χ1n) is 9.56. The maximum atomic E-state index is 4.89. The predicted molar refractivity (Wildman–Crippen MR) is 111 cm³/mol. The van der Waals surface area contributed by atoms with Crippen LogP contribution in [0.2, 0.25) is 0 Å². The number of anilines is 1. The van der Waals surface area contributed by atoms with E-state index < -0.39 is 0 Å². The first kappa shape index (κ1) is 17.3. The molecule has 1 N–H and O–H groups in total. The first-order chi connectivity index (χ1) is 13.3. The standard InChI is InChI=1S/C23H24N4/c1-2-9-20-16-22(24-15-14-18-10-5-3-6-11-18)27-23(26-20)21(17-25-27)19-12-7-4-8-13-19/h3-8,10-13,16-17,24H,2,9,14-15H2,1H3. The minimum absolute atomic E-state index is 0.856. The second-order valence-corrected chi connectivity index (χ2v) is 6.70. The summed E-state index contributed by atoms with van der Waals surface area (Å²) in [6.07, 6.45) is 4.92. The predicted octanol–water partition coefficient (Wildman–Crippen LogP) is 5.00. The Bertz CT molecular complexity index is 1010. The van der Waals surface area contributed by atoms with Crippen molar-refractivity contribution in [2.45, 2.75) is 26.2 Å². The molecule has 0 amide bonds. The molecule has 0 aliphatic carbocycles. The number of nitrogens with zero attached hydrogens (tertiary/aromatic N) is 3. The van der Waals surface area contributed by atoms with Crippen LogP contribution in [-0.4, -0.2) is 21.1 Å². The van der Waals surface area contributed by atoms with Crippen LogP contribution < -0.4 is 5.32 Å². The van der Waals surface area contributed by atoms with Crippen molar-refractivity contribution in [2.24, 2.45) is 0 Å². The molecule has 0 fully saturated rings. The van der Waals surface area contributed by atoms with Crippen LogP contribution in [-0.2, 0) is 12.8 Å². The van der Waals surface area contributed by atoms with Crippen molar-refractivity contribution in [3.63, 3.8) is 0 Å². The lowest BCUT2D eigenvalue weighted by molar-refractivity contribution is 0.854. The van der Waals surface area contributed by atoms with Crippen molar-refractivity contribution >= 4 is 11.5 Å². The second-order valence-electron chi connectivity index (χ2n) is 6.70. The van der Waals surface area contributed by atoms with Gasteiger partial charge in [0.05, 0.1) is 6.20 Å². The zero-order valence-electron chi connectivity index (χ0n) is 15.6. The van der Waals surface area contributed by atoms with Crippen LogP contribution in [0, 0.1) is 0 Å². The van der Waals surface area contributed by atoms with Gasteiger partial charge in [-0.05, 0) is 24.0 Å². The van der Waals surface area contributed by atoms with Gasteiger partial charge < -0.3 is 5.32 Å². The van der Waals surface area contributed by atoms with Gasteiger partial charge in [0.2, 0.25) is 0 Å². The lowest BCUT2D eigenvalue weighted by atomic mass is 10.1. The summed E-state index contributed by atoms with van der Waals surface area (Å²) in [5, 5.41) is 8.17. The van der Waals surface area contributed by atoms with Gasteiger partial charge in [-0.25, -0.2) is 4.98 Å². The van der Waals surface area contributed by atoms with Gasteiger partial charge in [-0.2, -0.15) is 9.61 Å². The van der Waals surface area contributed by atoms with Crippen molar-refractivity contribution in [1.82, 2.24) is 14.6 Å². The summed E-state index contributed by atoms with van der Waals surface area (Å²) in [4.78, 5) is 4.89. The molecule has 0 spiro atoms. The van der Waals surface area contributed by atoms with Crippen LogP contribution in [0.5, 0.6) is 0 Å². The third-order valence-electron chi connectivity index (χ3n) is 4.68. The topological polar surface area (TPSA) is 42.2 Å². The smallest absolute Gasteiger partial charge is 0.165 e. The molecule has 2 heterocycles. The number of nitrogens with one attached hydrogen (secondary N) is 1. The highest BCUT2D eigenvalue weighted by molar-refractivity contribution is 5.78. The molecule has 0 aliphatic heterocycles. The lowest BCUT2D eigenvalue weighted by Crippen LogP contribution is -2.10. The van der Waals surface area contributed by atoms with Gasteiger partial charge in [0.1, 0.15) is 5.82 Å². The molecule has 0 radical (unpaired) electrons. The molecule has 0 saturated carbocycles. The van der Waals surface area contributed by atoms with E-state index in [0.29, 0.717) is 0 Å². The summed E-state index contributed by atoms with van der Waals surface area (Å²) >= 11 is 0. The Morgan fingerprint density at radius 2 is 1.67 bits per heavy atom. The van der Waals surface area contributed by atoms with Gasteiger partial charge >= 0.3 is 0 Å². The van der Waals surface area contributed by atoms with Gasteiger partial charge in [-0.15, -0.1) is 0 Å². The van der Waals surface area contributed by atoms with Gasteiger partial charge in [-0.1, -0.05) is 74.0 Å². The Hall–Kier alpha value is -3.14. The average molecular weight is 356 g/mol. The number of hydrogen-bond donors (Lipinski definition) is 1. The average Bonchev–Trinajstić information content (AvgIpc) is 3.14. The Labute approximate surface area is 159 Å². The highest BCUT2D eigenvalue weighted by Gasteiger charge is 2.12. The molecule has 4 nitrogen and oxygen atoms in total. The molecule has 4 aromatic rings. The maximum Gasteiger partial charge on any atom is 0.165 e. The van der Waals surface area contributed by atoms with Crippen LogP contribution in [0.15, 0.2) is 72.9 Å². The van der Waals surface area contributed by atoms with E-state index in [0.717, 1.165) is 54.1 Å². The molecule has 4 heteroatoms. The van der Waals surface area contributed by atoms with Crippen LogP contribution in [0.25, 0.3) is 16.8 Å². The van der Waals surface area contributed by atoms with E-state index in [-0.39, 0.29) is 0 Å². The number of hydrogen-bond acceptors (Lipinski definition) is 3. The molecular formula is C23H24N4. The van der Waals surface area contributed by atoms with Crippen molar-refractivity contribution < 1.29 is 0 Å². The van der Waals surface area contributed by atoms with E-state index in [9.17, 15) is 0 Å². The Morgan fingerprint density at radius 1 is 0.926 bits per heavy atom.